The zero-order valence-corrected chi connectivity index (χ0v) is 10.7. The summed E-state index contributed by atoms with van der Waals surface area (Å²) >= 11 is 0. The number of methoxy groups -OCH3 is 1. The number of carbonyl (C=O) groups is 1. The van der Waals surface area contributed by atoms with Gasteiger partial charge in [-0.25, -0.2) is 4.79 Å². The van der Waals surface area contributed by atoms with Crippen molar-refractivity contribution in [2.45, 2.75) is 44.9 Å². The van der Waals surface area contributed by atoms with Gasteiger partial charge in [0.25, 0.3) is 0 Å². The molecule has 1 saturated heterocycles. The number of likely N-dealkylation sites (tertiary alicyclic amines) is 1. The molecule has 1 heterocycles. The molecule has 1 aliphatic heterocycles. The Morgan fingerprint density at radius 1 is 1.53 bits per heavy atom. The molecule has 1 N–H and O–H groups in total. The number of hydrogen-bond acceptors (Lipinski definition) is 5. The highest BCUT2D eigenvalue weighted by molar-refractivity contribution is 5.76. The number of carbonyl (C=O) groups excluding carboxylic acids is 1. The molecule has 1 aliphatic rings. The van der Waals surface area contributed by atoms with Gasteiger partial charge in [-0.05, 0) is 20.8 Å². The Morgan fingerprint density at radius 2 is 2.18 bits per heavy atom. The molecular weight excluding hydrogens is 224 g/mol. The standard InChI is InChI=1S/C11H20N2O4/c1-11(2,3)17-10(14)13-7-9(16-4)5-8(13)6-12-15/h6,8-9,15H,5,7H2,1-4H3/b12-6+/t8-,9-/m0/s1. The second kappa shape index (κ2) is 5.35. The Bertz CT molecular complexity index is 298. The zero-order chi connectivity index (χ0) is 13.1. The second-order valence-electron chi connectivity index (χ2n) is 5.06. The molecule has 98 valence electrons. The molecule has 0 aromatic carbocycles. The van der Waals surface area contributed by atoms with Crippen LogP contribution in [0.1, 0.15) is 27.2 Å². The van der Waals surface area contributed by atoms with Crippen molar-refractivity contribution < 1.29 is 19.5 Å². The van der Waals surface area contributed by atoms with E-state index in [1.807, 2.05) is 20.8 Å². The summed E-state index contributed by atoms with van der Waals surface area (Å²) < 4.78 is 10.5. The molecule has 6 heteroatoms. The Labute approximate surface area is 101 Å². The monoisotopic (exact) mass is 244 g/mol. The summed E-state index contributed by atoms with van der Waals surface area (Å²) in [5.74, 6) is 0. The minimum absolute atomic E-state index is 0.0504. The van der Waals surface area contributed by atoms with Crippen LogP contribution in [0.4, 0.5) is 4.79 Å². The molecule has 2 atom stereocenters. The van der Waals surface area contributed by atoms with Crippen LogP contribution in [0, 0.1) is 0 Å². The fourth-order valence-corrected chi connectivity index (χ4v) is 1.75. The molecule has 0 radical (unpaired) electrons. The third kappa shape index (κ3) is 3.89. The Kier molecular flexibility index (Phi) is 4.34. The number of ether oxygens (including phenoxy) is 2. The van der Waals surface area contributed by atoms with E-state index < -0.39 is 11.7 Å². The van der Waals surface area contributed by atoms with E-state index in [2.05, 4.69) is 5.16 Å². The van der Waals surface area contributed by atoms with E-state index in [-0.39, 0.29) is 12.1 Å². The Hall–Kier alpha value is -1.30. The van der Waals surface area contributed by atoms with Crippen LogP contribution < -0.4 is 0 Å². The molecule has 0 saturated carbocycles. The van der Waals surface area contributed by atoms with Crippen LogP contribution in [0.3, 0.4) is 0 Å². The van der Waals surface area contributed by atoms with Gasteiger partial charge in [-0.3, -0.25) is 4.90 Å². The number of amides is 1. The molecule has 6 nitrogen and oxygen atoms in total. The zero-order valence-electron chi connectivity index (χ0n) is 10.7. The quantitative estimate of drug-likeness (QED) is 0.453. The molecule has 0 unspecified atom stereocenters. The lowest BCUT2D eigenvalue weighted by molar-refractivity contribution is 0.0230. The maximum absolute atomic E-state index is 11.9. The molecule has 0 aliphatic carbocycles. The highest BCUT2D eigenvalue weighted by Crippen LogP contribution is 2.21. The van der Waals surface area contributed by atoms with Gasteiger partial charge < -0.3 is 14.7 Å². The number of rotatable bonds is 2. The van der Waals surface area contributed by atoms with Crippen LogP contribution in [0.2, 0.25) is 0 Å². The fraction of sp³-hybridized carbons (Fsp3) is 0.818. The molecule has 1 rings (SSSR count). The van der Waals surface area contributed by atoms with Gasteiger partial charge >= 0.3 is 6.09 Å². The maximum atomic E-state index is 11.9. The van der Waals surface area contributed by atoms with Gasteiger partial charge in [0, 0.05) is 13.5 Å². The Balaban J connectivity index is 2.69. The van der Waals surface area contributed by atoms with Crippen LogP contribution >= 0.6 is 0 Å². The average Bonchev–Trinajstić information content (AvgIpc) is 2.59. The third-order valence-corrected chi connectivity index (χ3v) is 2.51. The summed E-state index contributed by atoms with van der Waals surface area (Å²) in [4.78, 5) is 13.4. The van der Waals surface area contributed by atoms with E-state index in [0.717, 1.165) is 0 Å². The summed E-state index contributed by atoms with van der Waals surface area (Å²) in [7, 11) is 1.59. The van der Waals surface area contributed by atoms with Crippen molar-refractivity contribution in [3.05, 3.63) is 0 Å². The summed E-state index contributed by atoms with van der Waals surface area (Å²) in [6.45, 7) is 5.87. The molecule has 0 spiro atoms. The van der Waals surface area contributed by atoms with Crippen molar-refractivity contribution in [2.24, 2.45) is 5.16 Å². The predicted octanol–water partition coefficient (Wildman–Crippen LogP) is 1.47. The van der Waals surface area contributed by atoms with Crippen molar-refractivity contribution in [1.82, 2.24) is 4.90 Å². The third-order valence-electron chi connectivity index (χ3n) is 2.51. The summed E-state index contributed by atoms with van der Waals surface area (Å²) in [6, 6.07) is -0.278. The summed E-state index contributed by atoms with van der Waals surface area (Å²) in [6.07, 6.45) is 1.47. The van der Waals surface area contributed by atoms with Crippen molar-refractivity contribution in [2.75, 3.05) is 13.7 Å². The van der Waals surface area contributed by atoms with E-state index in [9.17, 15) is 4.79 Å². The largest absolute Gasteiger partial charge is 0.444 e. The number of nitrogens with zero attached hydrogens (tertiary/aromatic N) is 2. The van der Waals surface area contributed by atoms with Crippen molar-refractivity contribution in [3.63, 3.8) is 0 Å². The average molecular weight is 244 g/mol. The van der Waals surface area contributed by atoms with Crippen molar-refractivity contribution >= 4 is 12.3 Å². The van der Waals surface area contributed by atoms with Gasteiger partial charge in [-0.15, -0.1) is 0 Å². The van der Waals surface area contributed by atoms with Gasteiger partial charge in [-0.1, -0.05) is 5.16 Å². The molecule has 17 heavy (non-hydrogen) atoms. The summed E-state index contributed by atoms with van der Waals surface area (Å²) in [5, 5.41) is 11.6. The maximum Gasteiger partial charge on any atom is 0.410 e. The first-order chi connectivity index (χ1) is 7.87. The molecule has 0 aromatic rings. The second-order valence-corrected chi connectivity index (χ2v) is 5.06. The van der Waals surface area contributed by atoms with Crippen LogP contribution in [0.15, 0.2) is 5.16 Å². The minimum Gasteiger partial charge on any atom is -0.444 e. The Morgan fingerprint density at radius 3 is 2.65 bits per heavy atom. The fourth-order valence-electron chi connectivity index (χ4n) is 1.75. The van der Waals surface area contributed by atoms with E-state index in [4.69, 9.17) is 14.7 Å². The molecular formula is C11H20N2O4. The van der Waals surface area contributed by atoms with Gasteiger partial charge in [0.1, 0.15) is 5.60 Å². The molecule has 0 bridgehead atoms. The SMILES string of the molecule is CO[C@H]1C[C@@H](/C=N/O)N(C(=O)OC(C)(C)C)C1. The van der Waals surface area contributed by atoms with Gasteiger partial charge in [0.15, 0.2) is 0 Å². The summed E-state index contributed by atoms with van der Waals surface area (Å²) in [5.41, 5.74) is -0.539. The van der Waals surface area contributed by atoms with Crippen LogP contribution in [0.5, 0.6) is 0 Å². The first-order valence-electron chi connectivity index (χ1n) is 5.57. The lowest BCUT2D eigenvalue weighted by Gasteiger charge is -2.26. The molecule has 0 aromatic heterocycles. The van der Waals surface area contributed by atoms with E-state index in [1.165, 1.54) is 11.1 Å². The normalized spacial score (nSPS) is 25.5. The number of hydrogen-bond donors (Lipinski definition) is 1. The van der Waals surface area contributed by atoms with Crippen LogP contribution in [-0.4, -0.2) is 53.8 Å². The lowest BCUT2D eigenvalue weighted by Crippen LogP contribution is -2.40. The molecule has 1 fully saturated rings. The van der Waals surface area contributed by atoms with E-state index in [1.54, 1.807) is 7.11 Å². The highest BCUT2D eigenvalue weighted by atomic mass is 16.6. The lowest BCUT2D eigenvalue weighted by atomic mass is 10.2. The van der Waals surface area contributed by atoms with Gasteiger partial charge in [0.05, 0.1) is 24.9 Å². The first-order valence-corrected chi connectivity index (χ1v) is 5.57. The smallest absolute Gasteiger partial charge is 0.410 e. The van der Waals surface area contributed by atoms with Crippen molar-refractivity contribution in [1.29, 1.82) is 0 Å². The van der Waals surface area contributed by atoms with Crippen LogP contribution in [0.25, 0.3) is 0 Å². The van der Waals surface area contributed by atoms with E-state index >= 15 is 0 Å². The topological polar surface area (TPSA) is 71.4 Å². The highest BCUT2D eigenvalue weighted by Gasteiger charge is 2.36. The van der Waals surface area contributed by atoms with Crippen LogP contribution in [-0.2, 0) is 9.47 Å². The van der Waals surface area contributed by atoms with Gasteiger partial charge in [0.2, 0.25) is 0 Å². The van der Waals surface area contributed by atoms with E-state index in [0.29, 0.717) is 13.0 Å². The predicted molar refractivity (Wildman–Crippen MR) is 62.4 cm³/mol. The van der Waals surface area contributed by atoms with Crippen molar-refractivity contribution in [3.8, 4) is 0 Å². The minimum atomic E-state index is -0.539. The first kappa shape index (κ1) is 13.8. The molecule has 1 amide bonds. The number of oxime groups is 1. The van der Waals surface area contributed by atoms with Gasteiger partial charge in [-0.2, -0.15) is 0 Å².